The number of nitrogens with zero attached hydrogens (tertiary/aromatic N) is 2. The van der Waals surface area contributed by atoms with Gasteiger partial charge in [-0.2, -0.15) is 0 Å². The van der Waals surface area contributed by atoms with Crippen molar-refractivity contribution in [2.45, 2.75) is 65.5 Å². The Morgan fingerprint density at radius 2 is 1.44 bits per heavy atom. The highest BCUT2D eigenvalue weighted by molar-refractivity contribution is 5.79. The molecule has 0 heterocycles. The first kappa shape index (κ1) is 21.4. The van der Waals surface area contributed by atoms with E-state index in [2.05, 4.69) is 67.1 Å². The van der Waals surface area contributed by atoms with Crippen molar-refractivity contribution in [3.63, 3.8) is 0 Å². The van der Waals surface area contributed by atoms with Gasteiger partial charge in [-0.3, -0.25) is 4.99 Å². The Hall–Kier alpha value is -1.93. The van der Waals surface area contributed by atoms with E-state index in [0.29, 0.717) is 6.04 Å². The van der Waals surface area contributed by atoms with E-state index in [4.69, 9.17) is 0 Å². The summed E-state index contributed by atoms with van der Waals surface area (Å²) in [5, 5.41) is 0. The molecule has 2 aromatic rings. The molecule has 146 valence electrons. The van der Waals surface area contributed by atoms with E-state index < -0.39 is 0 Å². The fraction of sp³-hybridized carbons (Fsp3) is 0.480. The molecule has 0 amide bonds. The number of benzene rings is 2. The molecular formula is C25H36N2. The first-order valence-corrected chi connectivity index (χ1v) is 10.6. The summed E-state index contributed by atoms with van der Waals surface area (Å²) in [5.41, 5.74) is 3.88. The average Bonchev–Trinajstić information content (AvgIpc) is 2.70. The molecule has 0 N–H and O–H groups in total. The number of hydrogen-bond acceptors (Lipinski definition) is 2. The van der Waals surface area contributed by atoms with Gasteiger partial charge in [-0.1, -0.05) is 81.8 Å². The van der Waals surface area contributed by atoms with Gasteiger partial charge in [-0.25, -0.2) is 0 Å². The minimum absolute atomic E-state index is 0.664. The van der Waals surface area contributed by atoms with Gasteiger partial charge in [0.1, 0.15) is 0 Å². The summed E-state index contributed by atoms with van der Waals surface area (Å²) in [5.74, 6) is 0. The lowest BCUT2D eigenvalue weighted by Gasteiger charge is -2.31. The third-order valence-electron chi connectivity index (χ3n) is 4.97. The number of hydrogen-bond donors (Lipinski definition) is 0. The normalized spacial score (nSPS) is 12.7. The summed E-state index contributed by atoms with van der Waals surface area (Å²) >= 11 is 0. The van der Waals surface area contributed by atoms with E-state index >= 15 is 0 Å². The summed E-state index contributed by atoms with van der Waals surface area (Å²) in [6.07, 6.45) is 8.11. The third-order valence-corrected chi connectivity index (χ3v) is 4.97. The number of aliphatic imine (C=N–C) groups is 1. The zero-order valence-electron chi connectivity index (χ0n) is 17.4. The average molecular weight is 365 g/mol. The molecule has 0 bridgehead atoms. The van der Waals surface area contributed by atoms with Gasteiger partial charge >= 0.3 is 0 Å². The molecule has 0 spiro atoms. The standard InChI is InChI=1S/C25H36N2/c1-4-10-25(27(17-5-2)18-6-3)19-22-13-15-24(16-14-22)21-26-20-23-11-8-7-9-12-23/h7-9,11-16,20,25H,4-6,10,17-19,21H2,1-3H3. The third kappa shape index (κ3) is 7.68. The molecule has 0 aromatic heterocycles. The van der Waals surface area contributed by atoms with Crippen LogP contribution in [0.25, 0.3) is 0 Å². The van der Waals surface area contributed by atoms with Crippen molar-refractivity contribution >= 4 is 6.21 Å². The molecule has 2 heteroatoms. The van der Waals surface area contributed by atoms with Crippen molar-refractivity contribution in [3.8, 4) is 0 Å². The van der Waals surface area contributed by atoms with Crippen molar-refractivity contribution in [1.82, 2.24) is 4.90 Å². The molecule has 0 radical (unpaired) electrons. The Labute approximate surface area is 166 Å². The maximum Gasteiger partial charge on any atom is 0.0639 e. The van der Waals surface area contributed by atoms with Crippen LogP contribution in [0.1, 0.15) is 63.1 Å². The summed E-state index contributed by atoms with van der Waals surface area (Å²) in [6, 6.07) is 20.0. The Morgan fingerprint density at radius 3 is 2.04 bits per heavy atom. The lowest BCUT2D eigenvalue weighted by molar-refractivity contribution is 0.184. The molecule has 0 aliphatic carbocycles. The summed E-state index contributed by atoms with van der Waals surface area (Å²) < 4.78 is 0. The van der Waals surface area contributed by atoms with Crippen LogP contribution in [-0.2, 0) is 13.0 Å². The Balaban J connectivity index is 1.94. The van der Waals surface area contributed by atoms with Crippen molar-refractivity contribution in [3.05, 3.63) is 71.3 Å². The minimum Gasteiger partial charge on any atom is -0.300 e. The Kier molecular flexibility index (Phi) is 9.86. The maximum absolute atomic E-state index is 4.58. The zero-order chi connectivity index (χ0) is 19.3. The SMILES string of the molecule is CCCC(Cc1ccc(CN=Cc2ccccc2)cc1)N(CCC)CCC. The van der Waals surface area contributed by atoms with E-state index in [9.17, 15) is 0 Å². The van der Waals surface area contributed by atoms with Crippen LogP contribution in [0, 0.1) is 0 Å². The molecule has 1 atom stereocenters. The summed E-state index contributed by atoms with van der Waals surface area (Å²) in [4.78, 5) is 7.27. The van der Waals surface area contributed by atoms with E-state index in [0.717, 1.165) is 18.5 Å². The van der Waals surface area contributed by atoms with Crippen LogP contribution in [0.4, 0.5) is 0 Å². The van der Waals surface area contributed by atoms with Gasteiger partial charge in [0.15, 0.2) is 0 Å². The molecule has 1 unspecified atom stereocenters. The van der Waals surface area contributed by atoms with Gasteiger partial charge in [-0.15, -0.1) is 0 Å². The molecule has 27 heavy (non-hydrogen) atoms. The van der Waals surface area contributed by atoms with Crippen molar-refractivity contribution in [2.75, 3.05) is 13.1 Å². The van der Waals surface area contributed by atoms with Crippen molar-refractivity contribution in [1.29, 1.82) is 0 Å². The Morgan fingerprint density at radius 1 is 0.815 bits per heavy atom. The van der Waals surface area contributed by atoms with Gasteiger partial charge in [0.05, 0.1) is 6.54 Å². The van der Waals surface area contributed by atoms with Gasteiger partial charge in [0.2, 0.25) is 0 Å². The first-order valence-electron chi connectivity index (χ1n) is 10.6. The smallest absolute Gasteiger partial charge is 0.0639 e. The molecular weight excluding hydrogens is 328 g/mol. The second kappa shape index (κ2) is 12.5. The molecule has 0 saturated carbocycles. The molecule has 2 rings (SSSR count). The second-order valence-corrected chi connectivity index (χ2v) is 7.38. The lowest BCUT2D eigenvalue weighted by Crippen LogP contribution is -2.38. The molecule has 2 aromatic carbocycles. The predicted octanol–water partition coefficient (Wildman–Crippen LogP) is 6.14. The molecule has 0 aliphatic rings. The van der Waals surface area contributed by atoms with E-state index in [1.807, 2.05) is 24.4 Å². The van der Waals surface area contributed by atoms with Crippen molar-refractivity contribution < 1.29 is 0 Å². The number of rotatable bonds is 12. The molecule has 2 nitrogen and oxygen atoms in total. The molecule has 0 fully saturated rings. The van der Waals surface area contributed by atoms with Gasteiger partial charge in [-0.05, 0) is 55.5 Å². The van der Waals surface area contributed by atoms with Gasteiger partial charge < -0.3 is 4.90 Å². The Bertz CT molecular complexity index is 640. The molecule has 0 aliphatic heterocycles. The van der Waals surface area contributed by atoms with Crippen LogP contribution in [0.2, 0.25) is 0 Å². The monoisotopic (exact) mass is 364 g/mol. The fourth-order valence-corrected chi connectivity index (χ4v) is 3.65. The lowest BCUT2D eigenvalue weighted by atomic mass is 9.99. The summed E-state index contributed by atoms with van der Waals surface area (Å²) in [6.45, 7) is 10.0. The van der Waals surface area contributed by atoms with Crippen LogP contribution < -0.4 is 0 Å². The van der Waals surface area contributed by atoms with Gasteiger partial charge in [0, 0.05) is 12.3 Å². The zero-order valence-corrected chi connectivity index (χ0v) is 17.4. The largest absolute Gasteiger partial charge is 0.300 e. The van der Waals surface area contributed by atoms with E-state index in [1.54, 1.807) is 0 Å². The highest BCUT2D eigenvalue weighted by Crippen LogP contribution is 2.16. The summed E-state index contributed by atoms with van der Waals surface area (Å²) in [7, 11) is 0. The van der Waals surface area contributed by atoms with Gasteiger partial charge in [0.25, 0.3) is 0 Å². The minimum atomic E-state index is 0.664. The highest BCUT2D eigenvalue weighted by Gasteiger charge is 2.16. The quantitative estimate of drug-likeness (QED) is 0.413. The second-order valence-electron chi connectivity index (χ2n) is 7.38. The van der Waals surface area contributed by atoms with Crippen LogP contribution in [0.5, 0.6) is 0 Å². The first-order chi connectivity index (χ1) is 13.3. The predicted molar refractivity (Wildman–Crippen MR) is 119 cm³/mol. The molecule has 0 saturated heterocycles. The van der Waals surface area contributed by atoms with Crippen LogP contribution in [0.3, 0.4) is 0 Å². The van der Waals surface area contributed by atoms with Crippen LogP contribution >= 0.6 is 0 Å². The van der Waals surface area contributed by atoms with E-state index in [-0.39, 0.29) is 0 Å². The highest BCUT2D eigenvalue weighted by atomic mass is 15.1. The fourth-order valence-electron chi connectivity index (χ4n) is 3.65. The maximum atomic E-state index is 4.58. The van der Waals surface area contributed by atoms with E-state index in [1.165, 1.54) is 49.9 Å². The van der Waals surface area contributed by atoms with Crippen molar-refractivity contribution in [2.24, 2.45) is 4.99 Å². The van der Waals surface area contributed by atoms with Crippen LogP contribution in [-0.4, -0.2) is 30.2 Å². The topological polar surface area (TPSA) is 15.6 Å². The van der Waals surface area contributed by atoms with Crippen LogP contribution in [0.15, 0.2) is 59.6 Å².